The zero-order valence-electron chi connectivity index (χ0n) is 11.4. The van der Waals surface area contributed by atoms with Gasteiger partial charge in [-0.25, -0.2) is 0 Å². The van der Waals surface area contributed by atoms with Crippen molar-refractivity contribution in [1.82, 2.24) is 0 Å². The number of hydrogen-bond donors (Lipinski definition) is 3. The first-order valence-corrected chi connectivity index (χ1v) is 6.07. The number of carbonyl (C=O) groups excluding carboxylic acids is 1. The lowest BCUT2D eigenvalue weighted by Crippen LogP contribution is -2.45. The third kappa shape index (κ3) is 4.71. The maximum Gasteiger partial charge on any atom is 0.307 e. The minimum absolute atomic E-state index is 0.0744. The van der Waals surface area contributed by atoms with Crippen molar-refractivity contribution in [2.75, 3.05) is 5.32 Å². The molecule has 1 aromatic carbocycles. The summed E-state index contributed by atoms with van der Waals surface area (Å²) in [5.74, 6) is -1.19. The Morgan fingerprint density at radius 2 is 2.00 bits per heavy atom. The van der Waals surface area contributed by atoms with Gasteiger partial charge in [0, 0.05) is 5.69 Å². The molecule has 4 N–H and O–H groups in total. The van der Waals surface area contributed by atoms with Gasteiger partial charge in [-0.3, -0.25) is 9.59 Å². The SMILES string of the molecule is CC(C)(C)[C@H](N)C(=O)Nc1cccc(CC(=O)O)c1. The average Bonchev–Trinajstić information content (AvgIpc) is 2.26. The topological polar surface area (TPSA) is 92.4 Å². The van der Waals surface area contributed by atoms with Crippen LogP contribution in [0, 0.1) is 5.41 Å². The second-order valence-electron chi connectivity index (χ2n) is 5.60. The summed E-state index contributed by atoms with van der Waals surface area (Å²) >= 11 is 0. The first kappa shape index (κ1) is 15.2. The summed E-state index contributed by atoms with van der Waals surface area (Å²) in [7, 11) is 0. The highest BCUT2D eigenvalue weighted by Gasteiger charge is 2.27. The first-order chi connectivity index (χ1) is 8.70. The summed E-state index contributed by atoms with van der Waals surface area (Å²) in [6.07, 6.45) is -0.0744. The average molecular weight is 264 g/mol. The van der Waals surface area contributed by atoms with Gasteiger partial charge in [0.05, 0.1) is 12.5 Å². The molecule has 19 heavy (non-hydrogen) atoms. The van der Waals surface area contributed by atoms with Crippen LogP contribution in [0.1, 0.15) is 26.3 Å². The zero-order chi connectivity index (χ0) is 14.6. The number of anilines is 1. The molecule has 0 unspecified atom stereocenters. The molecule has 5 heteroatoms. The van der Waals surface area contributed by atoms with Crippen LogP contribution in [0.25, 0.3) is 0 Å². The van der Waals surface area contributed by atoms with Gasteiger partial charge in [0.2, 0.25) is 5.91 Å². The molecule has 0 saturated heterocycles. The summed E-state index contributed by atoms with van der Waals surface area (Å²) in [5, 5.41) is 11.4. The Labute approximate surface area is 112 Å². The molecule has 0 bridgehead atoms. The minimum atomic E-state index is -0.908. The zero-order valence-corrected chi connectivity index (χ0v) is 11.4. The van der Waals surface area contributed by atoms with E-state index >= 15 is 0 Å². The number of carboxylic acid groups (broad SMARTS) is 1. The van der Waals surface area contributed by atoms with Gasteiger partial charge in [0.25, 0.3) is 0 Å². The predicted octanol–water partition coefficient (Wildman–Crippen LogP) is 1.63. The molecular formula is C14H20N2O3. The molecule has 0 spiro atoms. The number of amides is 1. The van der Waals surface area contributed by atoms with E-state index in [1.165, 1.54) is 0 Å². The molecule has 0 aliphatic heterocycles. The highest BCUT2D eigenvalue weighted by atomic mass is 16.4. The molecule has 1 amide bonds. The predicted molar refractivity (Wildman–Crippen MR) is 73.8 cm³/mol. The van der Waals surface area contributed by atoms with E-state index in [1.54, 1.807) is 24.3 Å². The van der Waals surface area contributed by atoms with E-state index in [0.717, 1.165) is 0 Å². The summed E-state index contributed by atoms with van der Waals surface area (Å²) in [6, 6.07) is 6.12. The van der Waals surface area contributed by atoms with E-state index in [2.05, 4.69) is 5.32 Å². The van der Waals surface area contributed by atoms with Gasteiger partial charge in [0.15, 0.2) is 0 Å². The van der Waals surface area contributed by atoms with Crippen molar-refractivity contribution in [3.8, 4) is 0 Å². The number of carbonyl (C=O) groups is 2. The molecule has 0 aliphatic rings. The number of nitrogens with one attached hydrogen (secondary N) is 1. The number of benzene rings is 1. The van der Waals surface area contributed by atoms with E-state index in [1.807, 2.05) is 20.8 Å². The normalized spacial score (nSPS) is 12.8. The molecule has 0 aromatic heterocycles. The Balaban J connectivity index is 2.77. The van der Waals surface area contributed by atoms with Crippen molar-refractivity contribution in [2.24, 2.45) is 11.1 Å². The second kappa shape index (κ2) is 5.84. The van der Waals surface area contributed by atoms with Crippen molar-refractivity contribution in [3.05, 3.63) is 29.8 Å². The maximum absolute atomic E-state index is 11.9. The van der Waals surface area contributed by atoms with Crippen molar-refractivity contribution < 1.29 is 14.7 Å². The van der Waals surface area contributed by atoms with Crippen LogP contribution in [0.2, 0.25) is 0 Å². The van der Waals surface area contributed by atoms with Gasteiger partial charge in [-0.1, -0.05) is 32.9 Å². The van der Waals surface area contributed by atoms with Crippen LogP contribution in [0.4, 0.5) is 5.69 Å². The molecule has 0 saturated carbocycles. The van der Waals surface area contributed by atoms with Crippen LogP contribution in [-0.4, -0.2) is 23.0 Å². The van der Waals surface area contributed by atoms with Crippen LogP contribution < -0.4 is 11.1 Å². The summed E-state index contributed by atoms with van der Waals surface area (Å²) in [6.45, 7) is 5.66. The Bertz CT molecular complexity index is 478. The minimum Gasteiger partial charge on any atom is -0.481 e. The van der Waals surface area contributed by atoms with E-state index in [9.17, 15) is 9.59 Å². The number of nitrogens with two attached hydrogens (primary N) is 1. The number of carboxylic acids is 1. The number of aliphatic carboxylic acids is 1. The molecule has 0 radical (unpaired) electrons. The lowest BCUT2D eigenvalue weighted by Gasteiger charge is -2.25. The largest absolute Gasteiger partial charge is 0.481 e. The van der Waals surface area contributed by atoms with Crippen molar-refractivity contribution in [2.45, 2.75) is 33.2 Å². The smallest absolute Gasteiger partial charge is 0.307 e. The molecule has 0 fully saturated rings. The van der Waals surface area contributed by atoms with Crippen molar-refractivity contribution >= 4 is 17.6 Å². The van der Waals surface area contributed by atoms with Crippen LogP contribution in [0.15, 0.2) is 24.3 Å². The Kier molecular flexibility index (Phi) is 4.67. The van der Waals surface area contributed by atoms with E-state index in [0.29, 0.717) is 11.3 Å². The van der Waals surface area contributed by atoms with Crippen molar-refractivity contribution in [1.29, 1.82) is 0 Å². The lowest BCUT2D eigenvalue weighted by atomic mass is 9.87. The van der Waals surface area contributed by atoms with Gasteiger partial charge in [0.1, 0.15) is 0 Å². The fourth-order valence-electron chi connectivity index (χ4n) is 1.55. The Hall–Kier alpha value is -1.88. The maximum atomic E-state index is 11.9. The third-order valence-electron chi connectivity index (χ3n) is 2.77. The van der Waals surface area contributed by atoms with Gasteiger partial charge >= 0.3 is 5.97 Å². The molecule has 0 heterocycles. The highest BCUT2D eigenvalue weighted by molar-refractivity contribution is 5.95. The Morgan fingerprint density at radius 1 is 1.37 bits per heavy atom. The molecular weight excluding hydrogens is 244 g/mol. The van der Waals surface area contributed by atoms with Crippen LogP contribution in [0.5, 0.6) is 0 Å². The number of rotatable bonds is 4. The van der Waals surface area contributed by atoms with E-state index in [4.69, 9.17) is 10.8 Å². The standard InChI is InChI=1S/C14H20N2O3/c1-14(2,3)12(15)13(19)16-10-6-4-5-9(7-10)8-11(17)18/h4-7,12H,8,15H2,1-3H3,(H,16,19)(H,17,18)/t12-/m1/s1. The molecule has 0 aliphatic carbocycles. The second-order valence-corrected chi connectivity index (χ2v) is 5.60. The quantitative estimate of drug-likeness (QED) is 0.770. The summed E-state index contributed by atoms with van der Waals surface area (Å²) in [5.41, 5.74) is 6.72. The van der Waals surface area contributed by atoms with Gasteiger partial charge < -0.3 is 16.2 Å². The molecule has 1 atom stereocenters. The third-order valence-corrected chi connectivity index (χ3v) is 2.77. The van der Waals surface area contributed by atoms with E-state index in [-0.39, 0.29) is 17.7 Å². The van der Waals surface area contributed by atoms with Crippen LogP contribution in [0.3, 0.4) is 0 Å². The van der Waals surface area contributed by atoms with Crippen LogP contribution in [-0.2, 0) is 16.0 Å². The fraction of sp³-hybridized carbons (Fsp3) is 0.429. The monoisotopic (exact) mass is 264 g/mol. The molecule has 1 rings (SSSR count). The first-order valence-electron chi connectivity index (χ1n) is 6.07. The summed E-state index contributed by atoms with van der Waals surface area (Å²) in [4.78, 5) is 22.6. The fourth-order valence-corrected chi connectivity index (χ4v) is 1.55. The van der Waals surface area contributed by atoms with E-state index < -0.39 is 12.0 Å². The van der Waals surface area contributed by atoms with Gasteiger partial charge in [-0.2, -0.15) is 0 Å². The molecule has 5 nitrogen and oxygen atoms in total. The summed E-state index contributed by atoms with van der Waals surface area (Å²) < 4.78 is 0. The lowest BCUT2D eigenvalue weighted by molar-refractivity contribution is -0.136. The molecule has 104 valence electrons. The van der Waals surface area contributed by atoms with Crippen molar-refractivity contribution in [3.63, 3.8) is 0 Å². The van der Waals surface area contributed by atoms with Crippen LogP contribution >= 0.6 is 0 Å². The van der Waals surface area contributed by atoms with Gasteiger partial charge in [-0.05, 0) is 23.1 Å². The molecule has 1 aromatic rings. The Morgan fingerprint density at radius 3 is 2.53 bits per heavy atom. The van der Waals surface area contributed by atoms with Gasteiger partial charge in [-0.15, -0.1) is 0 Å². The number of hydrogen-bond acceptors (Lipinski definition) is 3. The highest BCUT2D eigenvalue weighted by Crippen LogP contribution is 2.19.